The van der Waals surface area contributed by atoms with Gasteiger partial charge in [0.15, 0.2) is 0 Å². The number of hydrogen-bond acceptors (Lipinski definition) is 5. The highest BCUT2D eigenvalue weighted by molar-refractivity contribution is 7.99. The van der Waals surface area contributed by atoms with Crippen molar-refractivity contribution in [2.45, 2.75) is 50.9 Å². The van der Waals surface area contributed by atoms with E-state index in [9.17, 15) is 9.59 Å². The van der Waals surface area contributed by atoms with Gasteiger partial charge in [-0.3, -0.25) is 9.59 Å². The maximum atomic E-state index is 12.9. The number of carbonyl (C=O) groups excluding carboxylic acids is 2. The normalized spacial score (nSPS) is 26.8. The van der Waals surface area contributed by atoms with Gasteiger partial charge in [0.05, 0.1) is 18.5 Å². The van der Waals surface area contributed by atoms with Gasteiger partial charge in [-0.1, -0.05) is 24.3 Å². The Labute approximate surface area is 170 Å². The summed E-state index contributed by atoms with van der Waals surface area (Å²) in [4.78, 5) is 28.9. The maximum absolute atomic E-state index is 12.9. The van der Waals surface area contributed by atoms with Gasteiger partial charge in [-0.25, -0.2) is 0 Å². The molecule has 2 heterocycles. The van der Waals surface area contributed by atoms with Crippen LogP contribution in [0.1, 0.15) is 36.8 Å². The zero-order valence-corrected chi connectivity index (χ0v) is 16.8. The molecule has 1 atom stereocenters. The molecule has 148 valence electrons. The van der Waals surface area contributed by atoms with Crippen molar-refractivity contribution in [1.29, 1.82) is 5.26 Å². The second-order valence-electron chi connectivity index (χ2n) is 7.90. The molecule has 2 aliphatic heterocycles. The van der Waals surface area contributed by atoms with Crippen LogP contribution in [0.5, 0.6) is 0 Å². The van der Waals surface area contributed by atoms with Crippen LogP contribution < -0.4 is 5.32 Å². The van der Waals surface area contributed by atoms with Gasteiger partial charge in [-0.2, -0.15) is 5.26 Å². The molecule has 0 bridgehead atoms. The minimum atomic E-state index is -0.294. The van der Waals surface area contributed by atoms with Crippen LogP contribution >= 0.6 is 11.8 Å². The summed E-state index contributed by atoms with van der Waals surface area (Å²) in [6.07, 6.45) is 3.58. The lowest BCUT2D eigenvalue weighted by molar-refractivity contribution is -0.137. The molecule has 0 spiro atoms. The zero-order chi connectivity index (χ0) is 19.5. The molecule has 1 saturated carbocycles. The molecular formula is C21H26N4O2S. The summed E-state index contributed by atoms with van der Waals surface area (Å²) in [5.41, 5.74) is 2.53. The highest BCUT2D eigenvalue weighted by Crippen LogP contribution is 2.30. The van der Waals surface area contributed by atoms with Crippen LogP contribution in [0.4, 0.5) is 0 Å². The van der Waals surface area contributed by atoms with E-state index in [0.29, 0.717) is 11.6 Å². The highest BCUT2D eigenvalue weighted by atomic mass is 32.2. The van der Waals surface area contributed by atoms with Gasteiger partial charge in [0.25, 0.3) is 0 Å². The molecule has 1 aliphatic carbocycles. The lowest BCUT2D eigenvalue weighted by Crippen LogP contribution is -2.45. The lowest BCUT2D eigenvalue weighted by atomic mass is 9.85. The van der Waals surface area contributed by atoms with E-state index in [2.05, 4.69) is 23.5 Å². The topological polar surface area (TPSA) is 76.4 Å². The Morgan fingerprint density at radius 2 is 1.82 bits per heavy atom. The molecule has 1 N–H and O–H groups in total. The predicted molar refractivity (Wildman–Crippen MR) is 108 cm³/mol. The van der Waals surface area contributed by atoms with E-state index in [1.807, 2.05) is 17.0 Å². The Bertz CT molecular complexity index is 760. The number of hydrogen-bond donors (Lipinski definition) is 1. The summed E-state index contributed by atoms with van der Waals surface area (Å²) in [6, 6.07) is 10.5. The molecule has 0 aromatic heterocycles. The zero-order valence-electron chi connectivity index (χ0n) is 16.0. The number of nitrogens with one attached hydrogen (secondary N) is 1. The van der Waals surface area contributed by atoms with Crippen molar-refractivity contribution in [3.05, 3.63) is 35.4 Å². The Morgan fingerprint density at radius 1 is 1.14 bits per heavy atom. The van der Waals surface area contributed by atoms with Crippen LogP contribution in [0, 0.1) is 17.2 Å². The third-order valence-corrected chi connectivity index (χ3v) is 7.13. The predicted octanol–water partition coefficient (Wildman–Crippen LogP) is 2.10. The quantitative estimate of drug-likeness (QED) is 0.841. The fraction of sp³-hybridized carbons (Fsp3) is 0.571. The summed E-state index contributed by atoms with van der Waals surface area (Å²) in [5, 5.41) is 12.5. The monoisotopic (exact) mass is 398 g/mol. The second kappa shape index (κ2) is 8.54. The number of thioether (sulfide) groups is 1. The first-order valence-electron chi connectivity index (χ1n) is 10.0. The summed E-state index contributed by atoms with van der Waals surface area (Å²) >= 11 is 1.63. The number of nitriles is 1. The van der Waals surface area contributed by atoms with E-state index in [-0.39, 0.29) is 36.4 Å². The number of fused-ring (bicyclic) bond motifs is 1. The summed E-state index contributed by atoms with van der Waals surface area (Å²) in [7, 11) is 0. The van der Waals surface area contributed by atoms with E-state index < -0.39 is 0 Å². The molecule has 6 nitrogen and oxygen atoms in total. The van der Waals surface area contributed by atoms with Crippen LogP contribution in [0.25, 0.3) is 0 Å². The molecule has 1 saturated heterocycles. The van der Waals surface area contributed by atoms with Gasteiger partial charge in [0, 0.05) is 30.8 Å². The third-order valence-electron chi connectivity index (χ3n) is 6.12. The molecule has 1 aromatic carbocycles. The minimum Gasteiger partial charge on any atom is -0.334 e. The third kappa shape index (κ3) is 4.03. The maximum Gasteiger partial charge on any atom is 0.238 e. The summed E-state index contributed by atoms with van der Waals surface area (Å²) in [6.45, 7) is 1.74. The number of carbonyl (C=O) groups is 2. The smallest absolute Gasteiger partial charge is 0.238 e. The van der Waals surface area contributed by atoms with Gasteiger partial charge >= 0.3 is 0 Å². The largest absolute Gasteiger partial charge is 0.334 e. The Balaban J connectivity index is 1.21. The first kappa shape index (κ1) is 19.3. The van der Waals surface area contributed by atoms with Crippen molar-refractivity contribution in [3.63, 3.8) is 0 Å². The van der Waals surface area contributed by atoms with E-state index in [1.54, 1.807) is 16.7 Å². The van der Waals surface area contributed by atoms with Crippen LogP contribution in [-0.2, 0) is 22.7 Å². The fourth-order valence-corrected chi connectivity index (χ4v) is 5.52. The Kier molecular flexibility index (Phi) is 5.88. The first-order valence-corrected chi connectivity index (χ1v) is 11.2. The molecule has 4 rings (SSSR count). The van der Waals surface area contributed by atoms with Crippen molar-refractivity contribution < 1.29 is 9.59 Å². The average molecular weight is 399 g/mol. The first-order chi connectivity index (χ1) is 13.7. The molecule has 3 aliphatic rings. The van der Waals surface area contributed by atoms with Crippen molar-refractivity contribution in [1.82, 2.24) is 15.1 Å². The number of amides is 2. The lowest BCUT2D eigenvalue weighted by Gasteiger charge is -2.31. The second-order valence-corrected chi connectivity index (χ2v) is 8.90. The molecule has 0 unspecified atom stereocenters. The standard InChI is InChI=1S/C21H26N4O2S/c22-9-19-13-28-14-25(19)20(26)10-23-18-7-5-15(6-8-18)21(27)24-11-16-3-1-2-4-17(16)12-24/h1-4,15,18-19,23H,5-8,10-14H2/t15?,18?,19-/m1/s1. The van der Waals surface area contributed by atoms with Gasteiger partial charge in [0.1, 0.15) is 6.04 Å². The SMILES string of the molecule is N#C[C@@H]1CSCN1C(=O)CNC1CCC(C(=O)N2Cc3ccccc3C2)CC1. The summed E-state index contributed by atoms with van der Waals surface area (Å²) < 4.78 is 0. The molecule has 28 heavy (non-hydrogen) atoms. The van der Waals surface area contributed by atoms with Crippen LogP contribution in [0.3, 0.4) is 0 Å². The molecule has 1 aromatic rings. The van der Waals surface area contributed by atoms with Crippen molar-refractivity contribution >= 4 is 23.6 Å². The Hall–Kier alpha value is -2.04. The van der Waals surface area contributed by atoms with Gasteiger partial charge in [-0.15, -0.1) is 11.8 Å². The van der Waals surface area contributed by atoms with E-state index in [0.717, 1.165) is 38.8 Å². The number of benzene rings is 1. The average Bonchev–Trinajstić information content (AvgIpc) is 3.38. The van der Waals surface area contributed by atoms with E-state index >= 15 is 0 Å². The Morgan fingerprint density at radius 3 is 2.46 bits per heavy atom. The molecule has 7 heteroatoms. The van der Waals surface area contributed by atoms with Crippen LogP contribution in [0.15, 0.2) is 24.3 Å². The van der Waals surface area contributed by atoms with Gasteiger partial charge in [-0.05, 0) is 36.8 Å². The summed E-state index contributed by atoms with van der Waals surface area (Å²) in [5.74, 6) is 1.69. The van der Waals surface area contributed by atoms with Gasteiger partial charge < -0.3 is 15.1 Å². The number of nitrogens with zero attached hydrogens (tertiary/aromatic N) is 3. The van der Waals surface area contributed by atoms with Crippen molar-refractivity contribution in [3.8, 4) is 6.07 Å². The van der Waals surface area contributed by atoms with Crippen LogP contribution in [0.2, 0.25) is 0 Å². The van der Waals surface area contributed by atoms with Crippen molar-refractivity contribution in [2.75, 3.05) is 18.2 Å². The molecule has 2 fully saturated rings. The van der Waals surface area contributed by atoms with Crippen LogP contribution in [-0.4, -0.2) is 51.9 Å². The fourth-order valence-electron chi connectivity index (χ4n) is 4.42. The van der Waals surface area contributed by atoms with Crippen molar-refractivity contribution in [2.24, 2.45) is 5.92 Å². The minimum absolute atomic E-state index is 0.00424. The van der Waals surface area contributed by atoms with E-state index in [4.69, 9.17) is 5.26 Å². The molecule has 0 radical (unpaired) electrons. The van der Waals surface area contributed by atoms with Gasteiger partial charge in [0.2, 0.25) is 11.8 Å². The highest BCUT2D eigenvalue weighted by Gasteiger charge is 2.33. The number of rotatable bonds is 4. The molecule has 2 amide bonds. The van der Waals surface area contributed by atoms with E-state index in [1.165, 1.54) is 11.1 Å². The molecular weight excluding hydrogens is 372 g/mol.